The van der Waals surface area contributed by atoms with Crippen LogP contribution in [-0.4, -0.2) is 6.71 Å². The maximum absolute atomic E-state index is 9.00. The number of nitrogens with zero attached hydrogens (tertiary/aromatic N) is 2. The smallest absolute Gasteiger partial charge is 0.252 e. The molecule has 0 aromatic heterocycles. The molecule has 0 radical (unpaired) electrons. The minimum atomic E-state index is -2.33. The maximum atomic E-state index is 9.00. The van der Waals surface area contributed by atoms with Crippen LogP contribution in [0.5, 0.6) is 0 Å². The van der Waals surface area contributed by atoms with Gasteiger partial charge in [0.15, 0.2) is 0 Å². The monoisotopic (exact) mass is 756 g/mol. The van der Waals surface area contributed by atoms with E-state index in [-0.39, 0.29) is 39.2 Å². The summed E-state index contributed by atoms with van der Waals surface area (Å²) >= 11 is 0. The van der Waals surface area contributed by atoms with Crippen molar-refractivity contribution in [3.8, 4) is 0 Å². The summed E-state index contributed by atoms with van der Waals surface area (Å²) < 4.78 is 27.0. The standard InChI is InChI=1S/C54H65BN2/c1-32-23-46-48-47(24-32)57(44-26-35(50(6,7)8)18-17-33(44)2)43-22-19-34(49(3,4)5)25-41(43)55(48)42-28-39-40(54(15,16)31-53(39,13)14)29-45(42)56(46)36-20-21-37-38(27-36)52(11,12)30-51(37,9)10/h17-29H,30-31H2,1-16H3/i1D3. The van der Waals surface area contributed by atoms with Gasteiger partial charge in [-0.2, -0.15) is 0 Å². The lowest BCUT2D eigenvalue weighted by atomic mass is 9.33. The van der Waals surface area contributed by atoms with Crippen molar-refractivity contribution >= 4 is 57.2 Å². The molecule has 0 saturated heterocycles. The lowest BCUT2D eigenvalue weighted by Gasteiger charge is -2.45. The van der Waals surface area contributed by atoms with Crippen LogP contribution < -0.4 is 26.2 Å². The summed E-state index contributed by atoms with van der Waals surface area (Å²) in [4.78, 5) is 4.87. The summed E-state index contributed by atoms with van der Waals surface area (Å²) in [5, 5.41) is 0. The average molecular weight is 756 g/mol. The number of benzene rings is 5. The van der Waals surface area contributed by atoms with Gasteiger partial charge in [0.25, 0.3) is 6.71 Å². The zero-order chi connectivity index (χ0) is 43.7. The van der Waals surface area contributed by atoms with Crippen molar-refractivity contribution in [3.63, 3.8) is 0 Å². The summed E-state index contributed by atoms with van der Waals surface area (Å²) in [6.45, 7) is 32.6. The van der Waals surface area contributed by atoms with Crippen molar-refractivity contribution in [2.75, 3.05) is 9.80 Å². The van der Waals surface area contributed by atoms with Gasteiger partial charge in [-0.15, -0.1) is 0 Å². The summed E-state index contributed by atoms with van der Waals surface area (Å²) in [5.74, 6) is 0. The van der Waals surface area contributed by atoms with E-state index >= 15 is 0 Å². The zero-order valence-electron chi connectivity index (χ0n) is 40.4. The molecule has 0 saturated carbocycles. The molecule has 5 aromatic carbocycles. The van der Waals surface area contributed by atoms with Gasteiger partial charge in [0.2, 0.25) is 0 Å². The molecule has 294 valence electrons. The first-order valence-electron chi connectivity index (χ1n) is 22.9. The molecule has 0 fully saturated rings. The Hall–Kier alpha value is -4.24. The van der Waals surface area contributed by atoms with Crippen molar-refractivity contribution in [1.29, 1.82) is 0 Å². The Morgan fingerprint density at radius 1 is 0.509 bits per heavy atom. The highest BCUT2D eigenvalue weighted by atomic mass is 15.2. The van der Waals surface area contributed by atoms with E-state index in [4.69, 9.17) is 4.11 Å². The number of aryl methyl sites for hydroxylation is 2. The summed E-state index contributed by atoms with van der Waals surface area (Å²) in [6, 6.07) is 30.1. The molecule has 0 unspecified atom stereocenters. The number of hydrogen-bond acceptors (Lipinski definition) is 2. The largest absolute Gasteiger partial charge is 0.311 e. The van der Waals surface area contributed by atoms with Crippen LogP contribution in [-0.2, 0) is 32.5 Å². The Morgan fingerprint density at radius 3 is 1.65 bits per heavy atom. The molecular formula is C54H65BN2. The first kappa shape index (κ1) is 34.8. The van der Waals surface area contributed by atoms with Gasteiger partial charge >= 0.3 is 0 Å². The number of hydrogen-bond donors (Lipinski definition) is 0. The van der Waals surface area contributed by atoms with Crippen LogP contribution in [0.1, 0.15) is 158 Å². The third-order valence-electron chi connectivity index (χ3n) is 14.3. The maximum Gasteiger partial charge on any atom is 0.252 e. The van der Waals surface area contributed by atoms with E-state index in [2.05, 4.69) is 180 Å². The van der Waals surface area contributed by atoms with Crippen LogP contribution in [0.25, 0.3) is 0 Å². The number of fused-ring (bicyclic) bond motifs is 6. The van der Waals surface area contributed by atoms with E-state index in [0.29, 0.717) is 5.56 Å². The van der Waals surface area contributed by atoms with Gasteiger partial charge in [-0.3, -0.25) is 0 Å². The van der Waals surface area contributed by atoms with Gasteiger partial charge in [0, 0.05) is 38.2 Å². The summed E-state index contributed by atoms with van der Waals surface area (Å²) in [5.41, 5.74) is 19.6. The van der Waals surface area contributed by atoms with Crippen LogP contribution in [0, 0.1) is 13.8 Å². The molecule has 5 aromatic rings. The Balaban J connectivity index is 1.45. The van der Waals surface area contributed by atoms with E-state index in [1.165, 1.54) is 49.8 Å². The second-order valence-corrected chi connectivity index (χ2v) is 22.9. The molecule has 2 aliphatic carbocycles. The molecule has 0 atom stereocenters. The third-order valence-corrected chi connectivity index (χ3v) is 14.3. The molecule has 0 spiro atoms. The van der Waals surface area contributed by atoms with Crippen LogP contribution in [0.15, 0.2) is 78.9 Å². The molecule has 0 amide bonds. The van der Waals surface area contributed by atoms with E-state index in [1.54, 1.807) is 0 Å². The molecule has 2 aliphatic heterocycles. The average Bonchev–Trinajstić information content (AvgIpc) is 3.42. The molecule has 0 bridgehead atoms. The second-order valence-electron chi connectivity index (χ2n) is 22.9. The molecule has 57 heavy (non-hydrogen) atoms. The highest BCUT2D eigenvalue weighted by Gasteiger charge is 2.49. The van der Waals surface area contributed by atoms with E-state index in [1.807, 2.05) is 12.1 Å². The summed E-state index contributed by atoms with van der Waals surface area (Å²) in [6.07, 6.45) is 2.14. The van der Waals surface area contributed by atoms with E-state index in [9.17, 15) is 0 Å². The zero-order valence-corrected chi connectivity index (χ0v) is 37.4. The Kier molecular flexibility index (Phi) is 7.14. The molecule has 4 aliphatic rings. The van der Waals surface area contributed by atoms with Gasteiger partial charge in [-0.05, 0) is 162 Å². The predicted molar refractivity (Wildman–Crippen MR) is 249 cm³/mol. The minimum Gasteiger partial charge on any atom is -0.311 e. The van der Waals surface area contributed by atoms with Crippen molar-refractivity contribution in [1.82, 2.24) is 0 Å². The molecule has 0 N–H and O–H groups in total. The van der Waals surface area contributed by atoms with E-state index in [0.717, 1.165) is 52.5 Å². The molecule has 2 heterocycles. The quantitative estimate of drug-likeness (QED) is 0.162. The SMILES string of the molecule is [2H]C([2H])([2H])c1cc2c3c(c1)N(c1cc(C(C)(C)C)ccc1C)c1ccc(C(C)(C)C)cc1B3c1cc3c(cc1N2c1ccc2c(c1)C(C)(C)CC2(C)C)C(C)(C)CC3(C)C. The Labute approximate surface area is 349 Å². The van der Waals surface area contributed by atoms with Crippen LogP contribution in [0.2, 0.25) is 0 Å². The molecule has 9 rings (SSSR count). The normalized spacial score (nSPS) is 20.2. The van der Waals surface area contributed by atoms with Gasteiger partial charge in [-0.25, -0.2) is 0 Å². The van der Waals surface area contributed by atoms with E-state index < -0.39 is 6.85 Å². The topological polar surface area (TPSA) is 6.48 Å². The van der Waals surface area contributed by atoms with Crippen LogP contribution in [0.3, 0.4) is 0 Å². The highest BCUT2D eigenvalue weighted by Crippen LogP contribution is 2.55. The lowest BCUT2D eigenvalue weighted by molar-refractivity contribution is 0.403. The fraction of sp³-hybridized carbons (Fsp3) is 0.444. The van der Waals surface area contributed by atoms with Crippen molar-refractivity contribution in [2.45, 2.75) is 156 Å². The van der Waals surface area contributed by atoms with Crippen molar-refractivity contribution in [3.05, 3.63) is 123 Å². The fourth-order valence-corrected chi connectivity index (χ4v) is 11.9. The molecule has 2 nitrogen and oxygen atoms in total. The summed E-state index contributed by atoms with van der Waals surface area (Å²) in [7, 11) is 0. The lowest BCUT2D eigenvalue weighted by Crippen LogP contribution is -2.61. The highest BCUT2D eigenvalue weighted by molar-refractivity contribution is 7.00. The van der Waals surface area contributed by atoms with Gasteiger partial charge in [-0.1, -0.05) is 133 Å². The van der Waals surface area contributed by atoms with Crippen LogP contribution >= 0.6 is 0 Å². The third kappa shape index (κ3) is 5.64. The van der Waals surface area contributed by atoms with Crippen molar-refractivity contribution in [2.24, 2.45) is 0 Å². The Bertz CT molecular complexity index is 2650. The first-order valence-corrected chi connectivity index (χ1v) is 21.4. The predicted octanol–water partition coefficient (Wildman–Crippen LogP) is 12.9. The molecule has 3 heteroatoms. The van der Waals surface area contributed by atoms with Gasteiger partial charge in [0.05, 0.1) is 0 Å². The number of anilines is 6. The van der Waals surface area contributed by atoms with Crippen LogP contribution in [0.4, 0.5) is 34.1 Å². The van der Waals surface area contributed by atoms with Gasteiger partial charge < -0.3 is 9.80 Å². The number of rotatable bonds is 2. The second kappa shape index (κ2) is 11.7. The minimum absolute atomic E-state index is 0.00259. The van der Waals surface area contributed by atoms with Crippen molar-refractivity contribution < 1.29 is 4.11 Å². The van der Waals surface area contributed by atoms with Gasteiger partial charge in [0.1, 0.15) is 0 Å². The Morgan fingerprint density at radius 2 is 1.04 bits per heavy atom. The first-order chi connectivity index (χ1) is 27.5. The molecular weight excluding hydrogens is 687 g/mol. The fourth-order valence-electron chi connectivity index (χ4n) is 11.9.